The summed E-state index contributed by atoms with van der Waals surface area (Å²) in [6.45, 7) is 1.87. The molecule has 0 fully saturated rings. The van der Waals surface area contributed by atoms with E-state index in [4.69, 9.17) is 0 Å². The highest BCUT2D eigenvalue weighted by Crippen LogP contribution is 2.25. The second-order valence-corrected chi connectivity index (χ2v) is 5.59. The molecule has 0 heterocycles. The molecule has 0 aliphatic heterocycles. The molecule has 3 rings (SSSR count). The van der Waals surface area contributed by atoms with Gasteiger partial charge in [-0.2, -0.15) is 0 Å². The number of halogens is 1. The van der Waals surface area contributed by atoms with E-state index >= 15 is 0 Å². The van der Waals surface area contributed by atoms with Crippen LogP contribution in [0.25, 0.3) is 0 Å². The minimum atomic E-state index is -0.404. The van der Waals surface area contributed by atoms with Crippen molar-refractivity contribution in [2.75, 3.05) is 5.32 Å². The molecule has 3 heteroatoms. The Kier molecular flexibility index (Phi) is 3.74. The van der Waals surface area contributed by atoms with Crippen molar-refractivity contribution < 1.29 is 9.18 Å². The highest BCUT2D eigenvalue weighted by Gasteiger charge is 2.18. The van der Waals surface area contributed by atoms with Crippen molar-refractivity contribution in [3.63, 3.8) is 0 Å². The van der Waals surface area contributed by atoms with E-state index in [0.29, 0.717) is 5.56 Å². The summed E-state index contributed by atoms with van der Waals surface area (Å²) in [7, 11) is 0. The van der Waals surface area contributed by atoms with Gasteiger partial charge in [-0.15, -0.1) is 0 Å². The third kappa shape index (κ3) is 2.82. The summed E-state index contributed by atoms with van der Waals surface area (Å²) in [6.07, 6.45) is 4.23. The number of amides is 1. The molecular weight excluding hydrogens is 265 g/mol. The number of carbonyl (C=O) groups is 1. The van der Waals surface area contributed by atoms with E-state index in [1.807, 2.05) is 19.1 Å². The number of rotatable bonds is 2. The molecule has 0 atom stereocenters. The van der Waals surface area contributed by atoms with Gasteiger partial charge in [-0.3, -0.25) is 4.79 Å². The van der Waals surface area contributed by atoms with Gasteiger partial charge in [-0.25, -0.2) is 4.39 Å². The van der Waals surface area contributed by atoms with Gasteiger partial charge < -0.3 is 5.32 Å². The van der Waals surface area contributed by atoms with Gasteiger partial charge in [-0.1, -0.05) is 18.2 Å². The molecule has 2 aromatic carbocycles. The zero-order chi connectivity index (χ0) is 14.8. The molecule has 0 saturated heterocycles. The zero-order valence-corrected chi connectivity index (χ0v) is 12.1. The number of aryl methyl sites for hydroxylation is 2. The average Bonchev–Trinajstić information content (AvgIpc) is 2.50. The van der Waals surface area contributed by atoms with Gasteiger partial charge in [0.05, 0.1) is 5.69 Å². The number of anilines is 1. The van der Waals surface area contributed by atoms with Gasteiger partial charge in [-0.05, 0) is 67.5 Å². The molecule has 1 aliphatic rings. The van der Waals surface area contributed by atoms with Crippen molar-refractivity contribution in [3.8, 4) is 0 Å². The molecule has 0 radical (unpaired) electrons. The Morgan fingerprint density at radius 3 is 2.81 bits per heavy atom. The molecule has 108 valence electrons. The predicted molar refractivity (Wildman–Crippen MR) is 82.2 cm³/mol. The number of carbonyl (C=O) groups excluding carboxylic acids is 1. The minimum absolute atomic E-state index is 0.224. The van der Waals surface area contributed by atoms with Gasteiger partial charge in [0.1, 0.15) is 5.82 Å². The molecule has 0 aromatic heterocycles. The molecule has 1 aliphatic carbocycles. The van der Waals surface area contributed by atoms with Crippen molar-refractivity contribution >= 4 is 11.6 Å². The smallest absolute Gasteiger partial charge is 0.256 e. The summed E-state index contributed by atoms with van der Waals surface area (Å²) in [5, 5.41) is 2.70. The lowest BCUT2D eigenvalue weighted by Gasteiger charge is -2.19. The molecule has 2 aromatic rings. The number of benzene rings is 2. The molecule has 0 saturated carbocycles. The van der Waals surface area contributed by atoms with Crippen LogP contribution in [0.3, 0.4) is 0 Å². The summed E-state index contributed by atoms with van der Waals surface area (Å²) in [5.74, 6) is -0.628. The lowest BCUT2D eigenvalue weighted by Crippen LogP contribution is -2.17. The molecule has 0 spiro atoms. The van der Waals surface area contributed by atoms with Crippen LogP contribution in [0, 0.1) is 12.7 Å². The van der Waals surface area contributed by atoms with Crippen LogP contribution in [0.15, 0.2) is 36.4 Å². The van der Waals surface area contributed by atoms with Crippen molar-refractivity contribution in [1.29, 1.82) is 0 Å². The molecule has 1 N–H and O–H groups in total. The van der Waals surface area contributed by atoms with Crippen LogP contribution in [-0.2, 0) is 12.8 Å². The van der Waals surface area contributed by atoms with Gasteiger partial charge >= 0.3 is 0 Å². The summed E-state index contributed by atoms with van der Waals surface area (Å²) in [4.78, 5) is 12.5. The maximum atomic E-state index is 13.8. The number of hydrogen-bond acceptors (Lipinski definition) is 1. The van der Waals surface area contributed by atoms with E-state index in [1.165, 1.54) is 18.1 Å². The fraction of sp³-hybridized carbons (Fsp3) is 0.278. The van der Waals surface area contributed by atoms with Crippen LogP contribution in [0.1, 0.15) is 39.9 Å². The van der Waals surface area contributed by atoms with E-state index in [9.17, 15) is 9.18 Å². The van der Waals surface area contributed by atoms with Gasteiger partial charge in [0.2, 0.25) is 0 Å². The van der Waals surface area contributed by atoms with Gasteiger partial charge in [0.15, 0.2) is 0 Å². The van der Waals surface area contributed by atoms with E-state index in [0.717, 1.165) is 30.4 Å². The van der Waals surface area contributed by atoms with E-state index in [1.54, 1.807) is 12.1 Å². The molecule has 1 amide bonds. The first-order valence-electron chi connectivity index (χ1n) is 7.33. The minimum Gasteiger partial charge on any atom is -0.319 e. The first-order chi connectivity index (χ1) is 10.1. The van der Waals surface area contributed by atoms with E-state index in [-0.39, 0.29) is 11.6 Å². The number of hydrogen-bond donors (Lipinski definition) is 1. The zero-order valence-electron chi connectivity index (χ0n) is 12.1. The SMILES string of the molecule is Cc1ccc(F)c(NC(=O)c2cccc3c2CCCC3)c1. The Balaban J connectivity index is 1.91. The second-order valence-electron chi connectivity index (χ2n) is 5.59. The van der Waals surface area contributed by atoms with Crippen molar-refractivity contribution in [2.24, 2.45) is 0 Å². The Hall–Kier alpha value is -2.16. The molecule has 0 bridgehead atoms. The van der Waals surface area contributed by atoms with Crippen molar-refractivity contribution in [1.82, 2.24) is 0 Å². The van der Waals surface area contributed by atoms with Crippen LogP contribution in [0.2, 0.25) is 0 Å². The first-order valence-corrected chi connectivity index (χ1v) is 7.33. The maximum Gasteiger partial charge on any atom is 0.256 e. The number of fused-ring (bicyclic) bond motifs is 1. The summed E-state index contributed by atoms with van der Waals surface area (Å²) in [5.41, 5.74) is 4.20. The van der Waals surface area contributed by atoms with Crippen LogP contribution in [0.4, 0.5) is 10.1 Å². The predicted octanol–water partition coefficient (Wildman–Crippen LogP) is 4.27. The standard InChI is InChI=1S/C18H18FNO/c1-12-9-10-16(19)17(11-12)20-18(21)15-8-4-6-13-5-2-3-7-14(13)15/h4,6,8-11H,2-3,5,7H2,1H3,(H,20,21). The van der Waals surface area contributed by atoms with Crippen molar-refractivity contribution in [3.05, 3.63) is 64.5 Å². The summed E-state index contributed by atoms with van der Waals surface area (Å²) < 4.78 is 13.8. The highest BCUT2D eigenvalue weighted by atomic mass is 19.1. The Labute approximate surface area is 124 Å². The fourth-order valence-corrected chi connectivity index (χ4v) is 2.92. The topological polar surface area (TPSA) is 29.1 Å². The van der Waals surface area contributed by atoms with Crippen LogP contribution < -0.4 is 5.32 Å². The Bertz CT molecular complexity index is 694. The van der Waals surface area contributed by atoms with Crippen LogP contribution in [0.5, 0.6) is 0 Å². The fourth-order valence-electron chi connectivity index (χ4n) is 2.92. The van der Waals surface area contributed by atoms with E-state index in [2.05, 4.69) is 11.4 Å². The van der Waals surface area contributed by atoms with Crippen LogP contribution >= 0.6 is 0 Å². The molecule has 0 unspecified atom stereocenters. The lowest BCUT2D eigenvalue weighted by atomic mass is 9.88. The van der Waals surface area contributed by atoms with Gasteiger partial charge in [0.25, 0.3) is 5.91 Å². The monoisotopic (exact) mass is 283 g/mol. The normalized spacial score (nSPS) is 13.6. The van der Waals surface area contributed by atoms with Gasteiger partial charge in [0, 0.05) is 5.56 Å². The molecular formula is C18H18FNO. The number of nitrogens with one attached hydrogen (secondary N) is 1. The quantitative estimate of drug-likeness (QED) is 0.876. The maximum absolute atomic E-state index is 13.8. The van der Waals surface area contributed by atoms with Crippen LogP contribution in [-0.4, -0.2) is 5.91 Å². The lowest BCUT2D eigenvalue weighted by molar-refractivity contribution is 0.102. The summed E-state index contributed by atoms with van der Waals surface area (Å²) in [6, 6.07) is 10.5. The Morgan fingerprint density at radius 2 is 1.95 bits per heavy atom. The average molecular weight is 283 g/mol. The van der Waals surface area contributed by atoms with E-state index < -0.39 is 5.82 Å². The van der Waals surface area contributed by atoms with Crippen molar-refractivity contribution in [2.45, 2.75) is 32.6 Å². The third-order valence-corrected chi connectivity index (χ3v) is 4.01. The molecule has 2 nitrogen and oxygen atoms in total. The molecule has 21 heavy (non-hydrogen) atoms. The third-order valence-electron chi connectivity index (χ3n) is 4.01. The Morgan fingerprint density at radius 1 is 1.14 bits per heavy atom. The second kappa shape index (κ2) is 5.68. The largest absolute Gasteiger partial charge is 0.319 e. The summed E-state index contributed by atoms with van der Waals surface area (Å²) >= 11 is 0. The first kappa shape index (κ1) is 13.8. The highest BCUT2D eigenvalue weighted by molar-refractivity contribution is 6.05.